The van der Waals surface area contributed by atoms with Crippen LogP contribution in [0, 0.1) is 0 Å². The number of carbonyl (C=O) groups excluding carboxylic acids is 1. The van der Waals surface area contributed by atoms with Crippen LogP contribution in [-0.4, -0.2) is 29.2 Å². The molecule has 0 saturated carbocycles. The van der Waals surface area contributed by atoms with Crippen molar-refractivity contribution in [1.82, 2.24) is 9.97 Å². The molecule has 0 aliphatic heterocycles. The quantitative estimate of drug-likeness (QED) is 0.338. The monoisotopic (exact) mass is 524 g/mol. The summed E-state index contributed by atoms with van der Waals surface area (Å²) in [4.78, 5) is 19.9. The molecule has 0 unspecified atom stereocenters. The molecule has 1 aliphatic carbocycles. The van der Waals surface area contributed by atoms with Gasteiger partial charge in [0.25, 0.3) is 10.0 Å². The molecular weight excluding hydrogens is 511 g/mol. The lowest BCUT2D eigenvalue weighted by atomic mass is 10.1. The second-order valence-electron chi connectivity index (χ2n) is 6.78. The van der Waals surface area contributed by atoms with Gasteiger partial charge in [-0.1, -0.05) is 58.9 Å². The Hall–Kier alpha value is -2.37. The maximum Gasteiger partial charge on any atom is 0.263 e. The fourth-order valence-corrected chi connectivity index (χ4v) is 6.07. The second kappa shape index (κ2) is 8.87. The maximum atomic E-state index is 12.9. The standard InChI is InChI=1S/C20H14Cl2N4O3S3/c1-10(27)24-20-25-14-4-2-11(7-17(14)31-20)12-6-15(19(22)23-9-12)26-32(28,29)18-8-13(21)3-5-16(18)30/h2-4,6-9,26H,5H2,1H3,(H,24,25,27). The van der Waals surface area contributed by atoms with Crippen LogP contribution in [0.4, 0.5) is 10.8 Å². The van der Waals surface area contributed by atoms with Crippen LogP contribution in [0.2, 0.25) is 5.15 Å². The molecule has 0 bridgehead atoms. The van der Waals surface area contributed by atoms with Crippen LogP contribution < -0.4 is 10.0 Å². The Labute approximate surface area is 203 Å². The third-order valence-electron chi connectivity index (χ3n) is 4.40. The Kier molecular flexibility index (Phi) is 6.33. The average molecular weight is 525 g/mol. The topological polar surface area (TPSA) is 101 Å². The molecule has 2 heterocycles. The van der Waals surface area contributed by atoms with Gasteiger partial charge in [0.2, 0.25) is 5.91 Å². The zero-order valence-electron chi connectivity index (χ0n) is 16.3. The molecule has 0 saturated heterocycles. The summed E-state index contributed by atoms with van der Waals surface area (Å²) in [5, 5.41) is 3.46. The number of thiazole rings is 1. The number of allylic oxidation sites excluding steroid dienone is 4. The summed E-state index contributed by atoms with van der Waals surface area (Å²) in [5.41, 5.74) is 2.26. The number of benzene rings is 1. The minimum atomic E-state index is -4.01. The minimum Gasteiger partial charge on any atom is -0.302 e. The minimum absolute atomic E-state index is 0.00638. The SMILES string of the molecule is CC(=O)Nc1nc2ccc(-c3cnc(Cl)c(NS(=O)(=O)C4=CC(Cl)=CCC4=S)c3)cc2s1. The van der Waals surface area contributed by atoms with E-state index in [2.05, 4.69) is 20.0 Å². The van der Waals surface area contributed by atoms with Crippen LogP contribution in [0.3, 0.4) is 0 Å². The van der Waals surface area contributed by atoms with Crippen molar-refractivity contribution in [3.05, 3.63) is 57.7 Å². The Morgan fingerprint density at radius 1 is 1.22 bits per heavy atom. The number of amides is 1. The number of fused-ring (bicyclic) bond motifs is 1. The number of nitrogens with one attached hydrogen (secondary N) is 2. The number of hydrogen-bond donors (Lipinski definition) is 2. The van der Waals surface area contributed by atoms with Gasteiger partial charge in [0.05, 0.1) is 15.9 Å². The summed E-state index contributed by atoms with van der Waals surface area (Å²) in [7, 11) is -4.01. The number of hydrogen-bond acceptors (Lipinski definition) is 7. The van der Waals surface area contributed by atoms with E-state index in [1.54, 1.807) is 18.3 Å². The highest BCUT2D eigenvalue weighted by molar-refractivity contribution is 7.99. The van der Waals surface area contributed by atoms with E-state index >= 15 is 0 Å². The lowest BCUT2D eigenvalue weighted by Gasteiger charge is -2.15. The van der Waals surface area contributed by atoms with Crippen molar-refractivity contribution >= 4 is 88.6 Å². The fraction of sp³-hybridized carbons (Fsp3) is 0.100. The first-order valence-corrected chi connectivity index (χ1v) is 12.6. The van der Waals surface area contributed by atoms with E-state index in [0.717, 1.165) is 15.8 Å². The lowest BCUT2D eigenvalue weighted by Crippen LogP contribution is -2.21. The number of halogens is 2. The summed E-state index contributed by atoms with van der Waals surface area (Å²) in [6.07, 6.45) is 4.76. The highest BCUT2D eigenvalue weighted by atomic mass is 35.5. The predicted octanol–water partition coefficient (Wildman–Crippen LogP) is 5.49. The largest absolute Gasteiger partial charge is 0.302 e. The van der Waals surface area contributed by atoms with Crippen LogP contribution >= 0.6 is 46.8 Å². The number of pyridine rings is 1. The van der Waals surface area contributed by atoms with Crippen molar-refractivity contribution in [1.29, 1.82) is 0 Å². The van der Waals surface area contributed by atoms with Gasteiger partial charge in [-0.3, -0.25) is 9.52 Å². The molecule has 12 heteroatoms. The van der Waals surface area contributed by atoms with Gasteiger partial charge in [0.15, 0.2) is 10.3 Å². The zero-order chi connectivity index (χ0) is 23.0. The van der Waals surface area contributed by atoms with Crippen molar-refractivity contribution in [3.8, 4) is 11.1 Å². The first kappa shape index (κ1) is 22.8. The average Bonchev–Trinajstić information content (AvgIpc) is 3.11. The van der Waals surface area contributed by atoms with Crippen molar-refractivity contribution in [2.75, 3.05) is 10.0 Å². The van der Waals surface area contributed by atoms with E-state index in [4.69, 9.17) is 35.4 Å². The normalized spacial score (nSPS) is 14.2. The molecule has 3 aromatic rings. The summed E-state index contributed by atoms with van der Waals surface area (Å²) in [6.45, 7) is 1.42. The lowest BCUT2D eigenvalue weighted by molar-refractivity contribution is -0.114. The van der Waals surface area contributed by atoms with Gasteiger partial charge >= 0.3 is 0 Å². The number of aromatic nitrogens is 2. The van der Waals surface area contributed by atoms with Gasteiger partial charge in [-0.25, -0.2) is 18.4 Å². The molecule has 1 aliphatic rings. The van der Waals surface area contributed by atoms with Gasteiger partial charge in [0, 0.05) is 35.0 Å². The molecule has 164 valence electrons. The van der Waals surface area contributed by atoms with E-state index in [0.29, 0.717) is 15.7 Å². The number of anilines is 2. The van der Waals surface area contributed by atoms with Crippen LogP contribution in [0.5, 0.6) is 0 Å². The van der Waals surface area contributed by atoms with Crippen molar-refractivity contribution in [2.24, 2.45) is 0 Å². The van der Waals surface area contributed by atoms with E-state index in [1.807, 2.05) is 18.2 Å². The molecular formula is C20H14Cl2N4O3S3. The van der Waals surface area contributed by atoms with E-state index in [1.165, 1.54) is 24.3 Å². The number of thiocarbonyl (C=S) groups is 1. The van der Waals surface area contributed by atoms with E-state index in [-0.39, 0.29) is 32.9 Å². The molecule has 0 atom stereocenters. The molecule has 7 nitrogen and oxygen atoms in total. The molecule has 4 rings (SSSR count). The Balaban J connectivity index is 1.68. The molecule has 32 heavy (non-hydrogen) atoms. The highest BCUT2D eigenvalue weighted by Gasteiger charge is 2.25. The predicted molar refractivity (Wildman–Crippen MR) is 134 cm³/mol. The van der Waals surface area contributed by atoms with Crippen LogP contribution in [0.25, 0.3) is 21.3 Å². The van der Waals surface area contributed by atoms with E-state index < -0.39 is 10.0 Å². The van der Waals surface area contributed by atoms with Crippen molar-refractivity contribution < 1.29 is 13.2 Å². The fourth-order valence-electron chi connectivity index (χ4n) is 2.97. The smallest absolute Gasteiger partial charge is 0.263 e. The molecule has 2 aromatic heterocycles. The Morgan fingerprint density at radius 3 is 2.75 bits per heavy atom. The molecule has 1 amide bonds. The molecule has 1 aromatic carbocycles. The van der Waals surface area contributed by atoms with Crippen LogP contribution in [0.1, 0.15) is 13.3 Å². The van der Waals surface area contributed by atoms with Gasteiger partial charge in [-0.15, -0.1) is 0 Å². The third kappa shape index (κ3) is 4.84. The second-order valence-corrected chi connectivity index (χ2v) is 10.7. The summed E-state index contributed by atoms with van der Waals surface area (Å²) in [6, 6.07) is 7.11. The molecule has 0 spiro atoms. The number of carbonyl (C=O) groups is 1. The first-order chi connectivity index (χ1) is 15.1. The van der Waals surface area contributed by atoms with Crippen LogP contribution in [0.15, 0.2) is 52.6 Å². The van der Waals surface area contributed by atoms with E-state index in [9.17, 15) is 13.2 Å². The third-order valence-corrected chi connectivity index (χ3v) is 7.85. The van der Waals surface area contributed by atoms with Gasteiger partial charge in [0.1, 0.15) is 4.91 Å². The molecule has 0 radical (unpaired) electrons. The number of sulfonamides is 1. The van der Waals surface area contributed by atoms with Gasteiger partial charge in [-0.2, -0.15) is 0 Å². The summed E-state index contributed by atoms with van der Waals surface area (Å²) in [5.74, 6) is -0.201. The summed E-state index contributed by atoms with van der Waals surface area (Å²) < 4.78 is 29.1. The first-order valence-electron chi connectivity index (χ1n) is 9.10. The van der Waals surface area contributed by atoms with Gasteiger partial charge in [-0.05, 0) is 29.8 Å². The number of nitrogens with zero attached hydrogens (tertiary/aromatic N) is 2. The maximum absolute atomic E-state index is 12.9. The molecule has 0 fully saturated rings. The van der Waals surface area contributed by atoms with Crippen LogP contribution in [-0.2, 0) is 14.8 Å². The Morgan fingerprint density at radius 2 is 2.00 bits per heavy atom. The summed E-state index contributed by atoms with van der Waals surface area (Å²) >= 11 is 18.6. The number of rotatable bonds is 5. The highest BCUT2D eigenvalue weighted by Crippen LogP contribution is 2.33. The zero-order valence-corrected chi connectivity index (χ0v) is 20.3. The van der Waals surface area contributed by atoms with Crippen molar-refractivity contribution in [2.45, 2.75) is 13.3 Å². The van der Waals surface area contributed by atoms with Crippen molar-refractivity contribution in [3.63, 3.8) is 0 Å². The Bertz CT molecular complexity index is 1450. The molecule has 2 N–H and O–H groups in total. The van der Waals surface area contributed by atoms with Gasteiger partial charge < -0.3 is 5.32 Å².